The predicted molar refractivity (Wildman–Crippen MR) is 66.5 cm³/mol. The van der Waals surface area contributed by atoms with Crippen molar-refractivity contribution < 1.29 is 28.2 Å². The van der Waals surface area contributed by atoms with Gasteiger partial charge in [-0.1, -0.05) is 20.8 Å². The fourth-order valence-electron chi connectivity index (χ4n) is 1.59. The van der Waals surface area contributed by atoms with Crippen molar-refractivity contribution >= 4 is 14.6 Å². The normalized spacial score (nSPS) is 15.6. The quantitative estimate of drug-likeness (QED) is 0.426. The molecule has 0 aliphatic heterocycles. The Labute approximate surface area is 108 Å². The van der Waals surface area contributed by atoms with E-state index in [1.54, 1.807) is 0 Å². The third-order valence-electron chi connectivity index (χ3n) is 2.02. The average molecular weight is 284 g/mol. The molecule has 0 aromatic carbocycles. The van der Waals surface area contributed by atoms with E-state index >= 15 is 0 Å². The Kier molecular flexibility index (Phi) is 7.22. The molecule has 1 unspecified atom stereocenters. The van der Waals surface area contributed by atoms with Crippen molar-refractivity contribution in [1.82, 2.24) is 0 Å². The average Bonchev–Trinajstić information content (AvgIpc) is 2.12. The van der Waals surface area contributed by atoms with Crippen molar-refractivity contribution in [2.24, 2.45) is 5.41 Å². The van der Waals surface area contributed by atoms with Gasteiger partial charge in [-0.3, -0.25) is 0 Å². The van der Waals surface area contributed by atoms with Crippen LogP contribution in [0.25, 0.3) is 0 Å². The molecular formula is C11H22FO5P. The third-order valence-corrected chi connectivity index (χ3v) is 2.43. The Morgan fingerprint density at radius 1 is 1.22 bits per heavy atom. The molecule has 0 amide bonds. The fraction of sp³-hybridized carbons (Fsp3) is 0.909. The molecule has 0 rings (SSSR count). The smallest absolute Gasteiger partial charge is 0.343 e. The van der Waals surface area contributed by atoms with Gasteiger partial charge in [0.2, 0.25) is 5.67 Å². The number of esters is 1. The Hall–Kier alpha value is -0.290. The first-order valence-corrected chi connectivity index (χ1v) is 6.88. The summed E-state index contributed by atoms with van der Waals surface area (Å²) in [6.07, 6.45) is 0.366. The van der Waals surface area contributed by atoms with Crippen molar-refractivity contribution in [2.45, 2.75) is 46.2 Å². The Morgan fingerprint density at radius 2 is 1.78 bits per heavy atom. The van der Waals surface area contributed by atoms with Gasteiger partial charge in [0.25, 0.3) is 0 Å². The van der Waals surface area contributed by atoms with Gasteiger partial charge in [-0.25, -0.2) is 9.18 Å². The third kappa shape index (κ3) is 8.75. The summed E-state index contributed by atoms with van der Waals surface area (Å²) in [7, 11) is -2.39. The topological polar surface area (TPSA) is 76.0 Å². The van der Waals surface area contributed by atoms with Crippen molar-refractivity contribution in [3.63, 3.8) is 0 Å². The highest BCUT2D eigenvalue weighted by Crippen LogP contribution is 2.31. The molecule has 0 aliphatic rings. The van der Waals surface area contributed by atoms with Crippen molar-refractivity contribution in [3.05, 3.63) is 0 Å². The highest BCUT2D eigenvalue weighted by Gasteiger charge is 2.38. The second-order valence-electron chi connectivity index (χ2n) is 5.51. The minimum atomic E-state index is -2.39. The SMILES string of the molecule is CC(C)(C)CC(C)(F)C(=O)OCCCOP(O)O. The molecule has 108 valence electrons. The first kappa shape index (κ1) is 17.7. The number of alkyl halides is 1. The monoisotopic (exact) mass is 284 g/mol. The Balaban J connectivity index is 3.94. The molecule has 0 aromatic heterocycles. The van der Waals surface area contributed by atoms with Crippen LogP contribution in [-0.4, -0.2) is 34.6 Å². The molecule has 0 bridgehead atoms. The minimum Gasteiger partial charge on any atom is -0.463 e. The number of carbonyl (C=O) groups is 1. The van der Waals surface area contributed by atoms with Gasteiger partial charge < -0.3 is 19.0 Å². The maximum Gasteiger partial charge on any atom is 0.343 e. The summed E-state index contributed by atoms with van der Waals surface area (Å²) in [4.78, 5) is 28.4. The maximum atomic E-state index is 14.0. The summed E-state index contributed by atoms with van der Waals surface area (Å²) in [6, 6.07) is 0. The van der Waals surface area contributed by atoms with Crippen molar-refractivity contribution in [2.75, 3.05) is 13.2 Å². The first-order chi connectivity index (χ1) is 8.04. The molecule has 1 atom stereocenters. The Bertz CT molecular complexity index is 263. The molecule has 2 N–H and O–H groups in total. The summed E-state index contributed by atoms with van der Waals surface area (Å²) in [5, 5.41) is 0. The van der Waals surface area contributed by atoms with Crippen LogP contribution >= 0.6 is 8.60 Å². The van der Waals surface area contributed by atoms with Crippen LogP contribution in [-0.2, 0) is 14.1 Å². The van der Waals surface area contributed by atoms with Crippen LogP contribution in [0.4, 0.5) is 4.39 Å². The van der Waals surface area contributed by atoms with Crippen LogP contribution < -0.4 is 0 Å². The van der Waals surface area contributed by atoms with Crippen LogP contribution in [0.3, 0.4) is 0 Å². The van der Waals surface area contributed by atoms with Crippen LogP contribution in [0.1, 0.15) is 40.5 Å². The molecule has 5 nitrogen and oxygen atoms in total. The molecule has 0 aliphatic carbocycles. The van der Waals surface area contributed by atoms with E-state index < -0.39 is 20.2 Å². The van der Waals surface area contributed by atoms with Gasteiger partial charge in [0.05, 0.1) is 13.2 Å². The number of carbonyl (C=O) groups excluding carboxylic acids is 1. The lowest BCUT2D eigenvalue weighted by atomic mass is 9.84. The lowest BCUT2D eigenvalue weighted by Gasteiger charge is -2.27. The Morgan fingerprint density at radius 3 is 2.22 bits per heavy atom. The maximum absolute atomic E-state index is 14.0. The molecule has 18 heavy (non-hydrogen) atoms. The second-order valence-corrected chi connectivity index (χ2v) is 6.27. The van der Waals surface area contributed by atoms with Gasteiger partial charge in [0.15, 0.2) is 0 Å². The van der Waals surface area contributed by atoms with E-state index in [-0.39, 0.29) is 31.5 Å². The predicted octanol–water partition coefficient (Wildman–Crippen LogP) is 2.31. The molecule has 0 fully saturated rings. The van der Waals surface area contributed by atoms with Crippen molar-refractivity contribution in [3.8, 4) is 0 Å². The standard InChI is InChI=1S/C11H22FO5P/c1-10(2,3)8-11(4,12)9(13)16-6-5-7-17-18(14)15/h14-15H,5-8H2,1-4H3. The zero-order valence-corrected chi connectivity index (χ0v) is 12.2. The van der Waals surface area contributed by atoms with E-state index in [9.17, 15) is 9.18 Å². The number of hydrogen-bond acceptors (Lipinski definition) is 5. The number of hydrogen-bond donors (Lipinski definition) is 2. The molecule has 0 heterocycles. The largest absolute Gasteiger partial charge is 0.463 e. The second kappa shape index (κ2) is 7.34. The molecule has 0 aromatic rings. The highest BCUT2D eigenvalue weighted by atomic mass is 31.2. The number of ether oxygens (including phenoxy) is 1. The van der Waals surface area contributed by atoms with E-state index in [2.05, 4.69) is 4.52 Å². The van der Waals surface area contributed by atoms with Crippen LogP contribution in [0, 0.1) is 5.41 Å². The van der Waals surface area contributed by atoms with Gasteiger partial charge in [-0.2, -0.15) is 0 Å². The zero-order valence-electron chi connectivity index (χ0n) is 11.3. The lowest BCUT2D eigenvalue weighted by Crippen LogP contribution is -2.36. The summed E-state index contributed by atoms with van der Waals surface area (Å²) in [5.41, 5.74) is -2.32. The van der Waals surface area contributed by atoms with Crippen LogP contribution in [0.5, 0.6) is 0 Å². The van der Waals surface area contributed by atoms with E-state index in [0.29, 0.717) is 0 Å². The first-order valence-electron chi connectivity index (χ1n) is 5.71. The summed E-state index contributed by atoms with van der Waals surface area (Å²) < 4.78 is 23.3. The molecule has 0 spiro atoms. The molecular weight excluding hydrogens is 262 g/mol. The zero-order chi connectivity index (χ0) is 14.4. The van der Waals surface area contributed by atoms with Crippen LogP contribution in [0.2, 0.25) is 0 Å². The highest BCUT2D eigenvalue weighted by molar-refractivity contribution is 7.39. The molecule has 0 radical (unpaired) electrons. The van der Waals surface area contributed by atoms with Gasteiger partial charge in [0.1, 0.15) is 0 Å². The summed E-state index contributed by atoms with van der Waals surface area (Å²) >= 11 is 0. The number of rotatable bonds is 7. The van der Waals surface area contributed by atoms with E-state index in [1.165, 1.54) is 6.92 Å². The summed E-state index contributed by atoms with van der Waals surface area (Å²) in [6.45, 7) is 6.78. The van der Waals surface area contributed by atoms with Crippen molar-refractivity contribution in [1.29, 1.82) is 0 Å². The molecule has 0 saturated carbocycles. The van der Waals surface area contributed by atoms with E-state index in [4.69, 9.17) is 14.5 Å². The van der Waals surface area contributed by atoms with Gasteiger partial charge in [0, 0.05) is 6.42 Å². The lowest BCUT2D eigenvalue weighted by molar-refractivity contribution is -0.159. The molecule has 7 heteroatoms. The molecule has 0 saturated heterocycles. The minimum absolute atomic E-state index is 0.00827. The van der Waals surface area contributed by atoms with E-state index in [1.807, 2.05) is 20.8 Å². The fourth-order valence-corrected chi connectivity index (χ4v) is 1.88. The summed E-state index contributed by atoms with van der Waals surface area (Å²) in [5.74, 6) is -0.896. The van der Waals surface area contributed by atoms with Crippen LogP contribution in [0.15, 0.2) is 0 Å². The van der Waals surface area contributed by atoms with Gasteiger partial charge in [-0.05, 0) is 18.8 Å². The van der Waals surface area contributed by atoms with E-state index in [0.717, 1.165) is 0 Å². The van der Waals surface area contributed by atoms with Gasteiger partial charge >= 0.3 is 14.6 Å². The number of halogens is 1. The van der Waals surface area contributed by atoms with Gasteiger partial charge in [-0.15, -0.1) is 0 Å².